The Kier molecular flexibility index (Phi) is 6.87. The summed E-state index contributed by atoms with van der Waals surface area (Å²) in [6.07, 6.45) is 0.929. The van der Waals surface area contributed by atoms with Crippen LogP contribution in [0.15, 0.2) is 192 Å². The maximum Gasteiger partial charge on any atom is 0.164 e. The second kappa shape index (κ2) is 12.3. The number of hydrogen-bond acceptors (Lipinski definition) is 4. The van der Waals surface area contributed by atoms with Gasteiger partial charge in [-0.05, 0) is 80.3 Å². The van der Waals surface area contributed by atoms with Crippen molar-refractivity contribution < 1.29 is 4.42 Å². The van der Waals surface area contributed by atoms with Crippen molar-refractivity contribution in [2.45, 2.75) is 11.8 Å². The van der Waals surface area contributed by atoms with Gasteiger partial charge < -0.3 is 4.42 Å². The van der Waals surface area contributed by atoms with Gasteiger partial charge in [0.1, 0.15) is 11.2 Å². The van der Waals surface area contributed by atoms with Gasteiger partial charge in [-0.2, -0.15) is 0 Å². The number of furan rings is 1. The molecule has 0 bridgehead atoms. The summed E-state index contributed by atoms with van der Waals surface area (Å²) in [5.74, 6) is 1.86. The fourth-order valence-electron chi connectivity index (χ4n) is 9.69. The zero-order valence-electron chi connectivity index (χ0n) is 30.9. The smallest absolute Gasteiger partial charge is 0.164 e. The molecule has 2 heterocycles. The first-order valence-electron chi connectivity index (χ1n) is 19.5. The number of aromatic nitrogens is 3. The average Bonchev–Trinajstić information content (AvgIpc) is 3.81. The maximum atomic E-state index is 6.58. The van der Waals surface area contributed by atoms with Crippen LogP contribution in [0.5, 0.6) is 0 Å². The molecule has 2 aliphatic carbocycles. The molecule has 4 nitrogen and oxygen atoms in total. The predicted octanol–water partition coefficient (Wildman–Crippen LogP) is 12.7. The van der Waals surface area contributed by atoms with E-state index >= 15 is 0 Å². The monoisotopic (exact) mass is 727 g/mol. The van der Waals surface area contributed by atoms with Gasteiger partial charge in [0.15, 0.2) is 17.5 Å². The van der Waals surface area contributed by atoms with Crippen molar-refractivity contribution in [1.82, 2.24) is 15.0 Å². The van der Waals surface area contributed by atoms with Crippen LogP contribution in [0.25, 0.3) is 78.4 Å². The lowest BCUT2D eigenvalue weighted by Crippen LogP contribution is -2.34. The van der Waals surface area contributed by atoms with E-state index in [9.17, 15) is 0 Å². The highest BCUT2D eigenvalue weighted by Gasteiger charge is 2.50. The molecule has 266 valence electrons. The molecule has 0 atom stereocenters. The molecule has 4 heteroatoms. The summed E-state index contributed by atoms with van der Waals surface area (Å²) in [4.78, 5) is 15.2. The minimum atomic E-state index is -0.418. The summed E-state index contributed by atoms with van der Waals surface area (Å²) in [5, 5.41) is 2.01. The van der Waals surface area contributed by atoms with Crippen LogP contribution >= 0.6 is 0 Å². The third-order valence-corrected chi connectivity index (χ3v) is 12.0. The van der Waals surface area contributed by atoms with Crippen molar-refractivity contribution in [3.63, 3.8) is 0 Å². The van der Waals surface area contributed by atoms with Gasteiger partial charge in [-0.25, -0.2) is 15.0 Å². The fourth-order valence-corrected chi connectivity index (χ4v) is 9.69. The van der Waals surface area contributed by atoms with E-state index in [0.717, 1.165) is 50.6 Å². The maximum absolute atomic E-state index is 6.58. The van der Waals surface area contributed by atoms with E-state index in [1.807, 2.05) is 72.8 Å². The Bertz CT molecular complexity index is 3120. The first-order valence-corrected chi connectivity index (χ1v) is 19.5. The summed E-state index contributed by atoms with van der Waals surface area (Å²) in [6, 6.07) is 67.0. The number of benzene rings is 8. The van der Waals surface area contributed by atoms with Crippen molar-refractivity contribution >= 4 is 21.9 Å². The standard InChI is InChI=1S/C53H33N3O/c1-3-15-33(16-4-1)50-54-51(34-17-5-2-6-18-34)56-52(55-50)40-23-14-28-47-49(40)41-32-35(29-30-46(41)57-47)38-22-13-27-45-48(38)39-21-9-12-26-44(39)53(45)42-24-10-7-19-36(42)31-37-20-8-11-25-43(37)53/h1-30,32H,31H2. The Morgan fingerprint density at radius 1 is 0.386 bits per heavy atom. The first-order chi connectivity index (χ1) is 28.3. The molecule has 0 amide bonds. The van der Waals surface area contributed by atoms with E-state index < -0.39 is 5.41 Å². The molecule has 0 N–H and O–H groups in total. The van der Waals surface area contributed by atoms with Crippen molar-refractivity contribution in [3.8, 4) is 56.4 Å². The molecule has 0 radical (unpaired) electrons. The van der Waals surface area contributed by atoms with E-state index in [0.29, 0.717) is 17.5 Å². The van der Waals surface area contributed by atoms with Crippen molar-refractivity contribution in [2.24, 2.45) is 0 Å². The molecular formula is C53H33N3O. The molecule has 0 unspecified atom stereocenters. The lowest BCUT2D eigenvalue weighted by molar-refractivity contribution is 0.669. The lowest BCUT2D eigenvalue weighted by Gasteiger charge is -2.40. The van der Waals surface area contributed by atoms with Crippen LogP contribution in [-0.2, 0) is 11.8 Å². The van der Waals surface area contributed by atoms with E-state index in [1.54, 1.807) is 0 Å². The molecule has 0 saturated carbocycles. The van der Waals surface area contributed by atoms with Gasteiger partial charge in [-0.3, -0.25) is 0 Å². The molecule has 57 heavy (non-hydrogen) atoms. The summed E-state index contributed by atoms with van der Waals surface area (Å²) in [5.41, 5.74) is 17.0. The highest BCUT2D eigenvalue weighted by atomic mass is 16.3. The summed E-state index contributed by atoms with van der Waals surface area (Å²) >= 11 is 0. The van der Waals surface area contributed by atoms with Crippen LogP contribution in [0.2, 0.25) is 0 Å². The van der Waals surface area contributed by atoms with E-state index in [-0.39, 0.29) is 0 Å². The number of fused-ring (bicyclic) bond motifs is 12. The SMILES string of the molecule is c1ccc(-c2nc(-c3ccccc3)nc(-c3cccc4oc5ccc(-c6cccc7c6-c6ccccc6C76c7ccccc7Cc7ccccc76)cc5c34)n2)cc1. The van der Waals surface area contributed by atoms with Gasteiger partial charge in [0.05, 0.1) is 5.41 Å². The average molecular weight is 728 g/mol. The third kappa shape index (κ3) is 4.65. The van der Waals surface area contributed by atoms with Gasteiger partial charge in [0, 0.05) is 27.5 Å². The molecule has 12 rings (SSSR count). The van der Waals surface area contributed by atoms with Crippen molar-refractivity contribution in [1.29, 1.82) is 0 Å². The van der Waals surface area contributed by atoms with E-state index in [4.69, 9.17) is 19.4 Å². The molecule has 0 aliphatic heterocycles. The minimum absolute atomic E-state index is 0.418. The van der Waals surface area contributed by atoms with Gasteiger partial charge in [0.25, 0.3) is 0 Å². The molecule has 2 aliphatic rings. The first kappa shape index (κ1) is 31.9. The van der Waals surface area contributed by atoms with Crippen LogP contribution in [0.1, 0.15) is 33.4 Å². The van der Waals surface area contributed by atoms with Crippen LogP contribution < -0.4 is 0 Å². The van der Waals surface area contributed by atoms with Gasteiger partial charge >= 0.3 is 0 Å². The third-order valence-electron chi connectivity index (χ3n) is 12.0. The molecule has 0 fully saturated rings. The predicted molar refractivity (Wildman–Crippen MR) is 229 cm³/mol. The second-order valence-corrected chi connectivity index (χ2v) is 15.0. The Balaban J connectivity index is 1.09. The summed E-state index contributed by atoms with van der Waals surface area (Å²) < 4.78 is 6.58. The van der Waals surface area contributed by atoms with Crippen molar-refractivity contribution in [3.05, 3.63) is 221 Å². The number of nitrogens with zero attached hydrogens (tertiary/aromatic N) is 3. The second-order valence-electron chi connectivity index (χ2n) is 15.0. The van der Waals surface area contributed by atoms with Crippen molar-refractivity contribution in [2.75, 3.05) is 0 Å². The molecule has 2 aromatic heterocycles. The van der Waals surface area contributed by atoms with Gasteiger partial charge in [-0.15, -0.1) is 0 Å². The molecule has 8 aromatic carbocycles. The van der Waals surface area contributed by atoms with E-state index in [1.165, 1.54) is 50.1 Å². The largest absolute Gasteiger partial charge is 0.456 e. The Labute approximate surface area is 329 Å². The van der Waals surface area contributed by atoms with Gasteiger partial charge in [-0.1, -0.05) is 170 Å². The van der Waals surface area contributed by atoms with Gasteiger partial charge in [0.2, 0.25) is 0 Å². The highest BCUT2D eigenvalue weighted by Crippen LogP contribution is 2.61. The zero-order chi connectivity index (χ0) is 37.5. The molecule has 1 spiro atoms. The van der Waals surface area contributed by atoms with Crippen LogP contribution in [-0.4, -0.2) is 15.0 Å². The number of hydrogen-bond donors (Lipinski definition) is 0. The fraction of sp³-hybridized carbons (Fsp3) is 0.0377. The molecule has 0 saturated heterocycles. The highest BCUT2D eigenvalue weighted by molar-refractivity contribution is 6.13. The van der Waals surface area contributed by atoms with E-state index in [2.05, 4.69) is 115 Å². The number of rotatable bonds is 4. The zero-order valence-corrected chi connectivity index (χ0v) is 30.9. The topological polar surface area (TPSA) is 51.8 Å². The van der Waals surface area contributed by atoms with Crippen LogP contribution in [0.3, 0.4) is 0 Å². The summed E-state index contributed by atoms with van der Waals surface area (Å²) in [7, 11) is 0. The normalized spacial score (nSPS) is 13.3. The Hall–Kier alpha value is -7.43. The lowest BCUT2D eigenvalue weighted by atomic mass is 9.61. The summed E-state index contributed by atoms with van der Waals surface area (Å²) in [6.45, 7) is 0. The Morgan fingerprint density at radius 2 is 0.930 bits per heavy atom. The Morgan fingerprint density at radius 3 is 1.63 bits per heavy atom. The minimum Gasteiger partial charge on any atom is -0.456 e. The van der Waals surface area contributed by atoms with Crippen LogP contribution in [0.4, 0.5) is 0 Å². The molecular weight excluding hydrogens is 695 g/mol. The molecule has 10 aromatic rings. The van der Waals surface area contributed by atoms with Crippen LogP contribution in [0, 0.1) is 0 Å². The quantitative estimate of drug-likeness (QED) is 0.181.